The van der Waals surface area contributed by atoms with Gasteiger partial charge in [-0.1, -0.05) is 34.5 Å². The van der Waals surface area contributed by atoms with Gasteiger partial charge in [-0.2, -0.15) is 4.99 Å². The molecule has 2 aromatic heterocycles. The van der Waals surface area contributed by atoms with E-state index in [-0.39, 0.29) is 15.6 Å². The predicted octanol–water partition coefficient (Wildman–Crippen LogP) is 4.74. The lowest BCUT2D eigenvalue weighted by molar-refractivity contribution is -0.384. The molecule has 0 bridgehead atoms. The Balaban J connectivity index is 2.16. The molecular weight excluding hydrogens is 393 g/mol. The summed E-state index contributed by atoms with van der Waals surface area (Å²) in [5.74, 6) is -0.494. The van der Waals surface area contributed by atoms with Crippen LogP contribution in [0.15, 0.2) is 29.3 Å². The van der Waals surface area contributed by atoms with Crippen molar-refractivity contribution in [1.29, 1.82) is 0 Å². The molecule has 2 heterocycles. The van der Waals surface area contributed by atoms with Gasteiger partial charge in [0.2, 0.25) is 0 Å². The fourth-order valence-corrected chi connectivity index (χ4v) is 4.77. The molecule has 24 heavy (non-hydrogen) atoms. The van der Waals surface area contributed by atoms with Gasteiger partial charge in [-0.15, -0.1) is 11.3 Å². The number of hydrogen-bond acceptors (Lipinski definition) is 5. The number of hydrogen-bond donors (Lipinski definition) is 0. The number of aromatic nitrogens is 1. The summed E-state index contributed by atoms with van der Waals surface area (Å²) in [5.41, 5.74) is 1.03. The average Bonchev–Trinajstić information content (AvgIpc) is 3.05. The summed E-state index contributed by atoms with van der Waals surface area (Å²) in [7, 11) is 0. The van der Waals surface area contributed by atoms with Crippen molar-refractivity contribution < 1.29 is 9.72 Å². The zero-order chi connectivity index (χ0) is 17.4. The molecule has 124 valence electrons. The zero-order valence-corrected chi connectivity index (χ0v) is 15.3. The molecule has 10 heteroatoms. The molecule has 0 unspecified atom stereocenters. The number of halogens is 2. The SMILES string of the molecule is CCn1c(=NC(=O)c2cc(Cl)sc2Cl)sc2cc([N+](=O)[O-])ccc21. The van der Waals surface area contributed by atoms with Gasteiger partial charge >= 0.3 is 0 Å². The Kier molecular flexibility index (Phi) is 4.73. The molecule has 1 amide bonds. The Morgan fingerprint density at radius 1 is 1.33 bits per heavy atom. The van der Waals surface area contributed by atoms with Crippen LogP contribution in [0, 0.1) is 10.1 Å². The molecule has 0 aliphatic carbocycles. The second-order valence-corrected chi connectivity index (χ2v) is 7.99. The maximum Gasteiger partial charge on any atom is 0.282 e. The third-order valence-electron chi connectivity index (χ3n) is 3.28. The van der Waals surface area contributed by atoms with Crippen molar-refractivity contribution in [2.24, 2.45) is 4.99 Å². The summed E-state index contributed by atoms with van der Waals surface area (Å²) >= 11 is 14.2. The van der Waals surface area contributed by atoms with Gasteiger partial charge < -0.3 is 4.57 Å². The van der Waals surface area contributed by atoms with E-state index in [0.29, 0.717) is 20.4 Å². The number of nitro groups is 1. The molecule has 1 aromatic carbocycles. The molecule has 3 aromatic rings. The van der Waals surface area contributed by atoms with Crippen LogP contribution in [0.1, 0.15) is 17.3 Å². The summed E-state index contributed by atoms with van der Waals surface area (Å²) in [6.07, 6.45) is 0. The summed E-state index contributed by atoms with van der Waals surface area (Å²) < 4.78 is 3.21. The lowest BCUT2D eigenvalue weighted by Gasteiger charge is -1.99. The Morgan fingerprint density at radius 2 is 2.08 bits per heavy atom. The van der Waals surface area contributed by atoms with Crippen LogP contribution in [-0.4, -0.2) is 15.4 Å². The van der Waals surface area contributed by atoms with Gasteiger partial charge in [0, 0.05) is 18.7 Å². The predicted molar refractivity (Wildman–Crippen MR) is 96.4 cm³/mol. The number of carbonyl (C=O) groups is 1. The van der Waals surface area contributed by atoms with E-state index in [9.17, 15) is 14.9 Å². The smallest absolute Gasteiger partial charge is 0.282 e. The largest absolute Gasteiger partial charge is 0.317 e. The molecule has 0 N–H and O–H groups in total. The zero-order valence-electron chi connectivity index (χ0n) is 12.2. The van der Waals surface area contributed by atoms with Crippen LogP contribution in [0.25, 0.3) is 10.2 Å². The second-order valence-electron chi connectivity index (χ2n) is 4.69. The summed E-state index contributed by atoms with van der Waals surface area (Å²) in [6.45, 7) is 2.48. The number of aryl methyl sites for hydroxylation is 1. The first-order valence-corrected chi connectivity index (χ1v) is 9.11. The van der Waals surface area contributed by atoms with Crippen LogP contribution in [0.4, 0.5) is 5.69 Å². The van der Waals surface area contributed by atoms with Crippen LogP contribution in [0.3, 0.4) is 0 Å². The third kappa shape index (κ3) is 3.10. The number of nitro benzene ring substituents is 1. The molecule has 0 fully saturated rings. The number of carbonyl (C=O) groups excluding carboxylic acids is 1. The lowest BCUT2D eigenvalue weighted by Crippen LogP contribution is -2.15. The molecular formula is C14H9Cl2N3O3S2. The number of benzene rings is 1. The van der Waals surface area contributed by atoms with Gasteiger partial charge in [-0.05, 0) is 19.1 Å². The first-order chi connectivity index (χ1) is 11.4. The number of thiazole rings is 1. The first-order valence-electron chi connectivity index (χ1n) is 6.72. The monoisotopic (exact) mass is 401 g/mol. The topological polar surface area (TPSA) is 77.5 Å². The minimum absolute atomic E-state index is 0.00228. The van der Waals surface area contributed by atoms with E-state index in [4.69, 9.17) is 23.2 Å². The minimum Gasteiger partial charge on any atom is -0.317 e. The third-order valence-corrected chi connectivity index (χ3v) is 5.81. The van der Waals surface area contributed by atoms with E-state index >= 15 is 0 Å². The highest BCUT2D eigenvalue weighted by Gasteiger charge is 2.15. The number of non-ortho nitro benzene ring substituents is 1. The molecule has 3 rings (SSSR count). The molecule has 0 atom stereocenters. The average molecular weight is 402 g/mol. The highest BCUT2D eigenvalue weighted by atomic mass is 35.5. The van der Waals surface area contributed by atoms with Crippen LogP contribution in [0.5, 0.6) is 0 Å². The standard InChI is InChI=1S/C14H9Cl2N3O3S2/c1-2-18-9-4-3-7(19(21)22)5-10(9)23-14(18)17-13(20)8-6-11(15)24-12(8)16/h3-6H,2H2,1H3. The minimum atomic E-state index is -0.494. The number of thiophene rings is 1. The molecule has 0 saturated carbocycles. The van der Waals surface area contributed by atoms with E-state index in [1.165, 1.54) is 29.5 Å². The van der Waals surface area contributed by atoms with Crippen molar-refractivity contribution in [1.82, 2.24) is 4.57 Å². The van der Waals surface area contributed by atoms with Gasteiger partial charge in [-0.25, -0.2) is 0 Å². The second kappa shape index (κ2) is 6.64. The van der Waals surface area contributed by atoms with E-state index < -0.39 is 10.8 Å². The van der Waals surface area contributed by atoms with E-state index in [2.05, 4.69) is 4.99 Å². The Labute approximate surface area is 153 Å². The summed E-state index contributed by atoms with van der Waals surface area (Å²) in [6, 6.07) is 6.05. The summed E-state index contributed by atoms with van der Waals surface area (Å²) in [4.78, 5) is 27.4. The normalized spacial score (nSPS) is 12.0. The van der Waals surface area contributed by atoms with Gasteiger partial charge in [0.15, 0.2) is 4.80 Å². The number of nitrogens with zero attached hydrogens (tertiary/aromatic N) is 3. The Bertz CT molecular complexity index is 1040. The number of amides is 1. The highest BCUT2D eigenvalue weighted by Crippen LogP contribution is 2.31. The van der Waals surface area contributed by atoms with E-state index in [1.807, 2.05) is 11.5 Å². The number of fused-ring (bicyclic) bond motifs is 1. The van der Waals surface area contributed by atoms with Crippen LogP contribution in [0.2, 0.25) is 8.67 Å². The Hall–Kier alpha value is -1.74. The fraction of sp³-hybridized carbons (Fsp3) is 0.143. The van der Waals surface area contributed by atoms with Crippen LogP contribution in [-0.2, 0) is 6.54 Å². The quantitative estimate of drug-likeness (QED) is 0.469. The number of rotatable bonds is 3. The highest BCUT2D eigenvalue weighted by molar-refractivity contribution is 7.20. The van der Waals surface area contributed by atoms with Crippen molar-refractivity contribution in [3.8, 4) is 0 Å². The van der Waals surface area contributed by atoms with Gasteiger partial charge in [0.05, 0.1) is 25.0 Å². The fourth-order valence-electron chi connectivity index (χ4n) is 2.20. The van der Waals surface area contributed by atoms with Crippen molar-refractivity contribution >= 4 is 67.7 Å². The van der Waals surface area contributed by atoms with Gasteiger partial charge in [0.25, 0.3) is 11.6 Å². The van der Waals surface area contributed by atoms with Crippen molar-refractivity contribution in [2.45, 2.75) is 13.5 Å². The van der Waals surface area contributed by atoms with Crippen molar-refractivity contribution in [3.63, 3.8) is 0 Å². The van der Waals surface area contributed by atoms with Crippen molar-refractivity contribution in [3.05, 3.63) is 53.4 Å². The molecule has 0 aliphatic rings. The van der Waals surface area contributed by atoms with E-state index in [1.54, 1.807) is 6.07 Å². The van der Waals surface area contributed by atoms with Gasteiger partial charge in [0.1, 0.15) is 4.34 Å². The van der Waals surface area contributed by atoms with Gasteiger partial charge in [-0.3, -0.25) is 14.9 Å². The Morgan fingerprint density at radius 3 is 2.67 bits per heavy atom. The lowest BCUT2D eigenvalue weighted by atomic mass is 10.3. The molecule has 0 saturated heterocycles. The molecule has 6 nitrogen and oxygen atoms in total. The van der Waals surface area contributed by atoms with E-state index in [0.717, 1.165) is 16.9 Å². The first kappa shape index (κ1) is 17.1. The van der Waals surface area contributed by atoms with Crippen molar-refractivity contribution in [2.75, 3.05) is 0 Å². The maximum absolute atomic E-state index is 12.4. The molecule has 0 aliphatic heterocycles. The summed E-state index contributed by atoms with van der Waals surface area (Å²) in [5, 5.41) is 10.9. The molecule has 0 spiro atoms. The van der Waals surface area contributed by atoms with Crippen LogP contribution >= 0.6 is 45.9 Å². The molecule has 0 radical (unpaired) electrons. The van der Waals surface area contributed by atoms with Crippen LogP contribution < -0.4 is 4.80 Å². The maximum atomic E-state index is 12.4.